The van der Waals surface area contributed by atoms with Gasteiger partial charge >= 0.3 is 0 Å². The van der Waals surface area contributed by atoms with Gasteiger partial charge in [0.1, 0.15) is 0 Å². The van der Waals surface area contributed by atoms with Gasteiger partial charge in [-0.2, -0.15) is 0 Å². The van der Waals surface area contributed by atoms with E-state index in [4.69, 9.17) is 4.84 Å². The summed E-state index contributed by atoms with van der Waals surface area (Å²) in [5.41, 5.74) is 0. The maximum Gasteiger partial charge on any atom is 0.0797 e. The zero-order valence-corrected chi connectivity index (χ0v) is 6.12. The first-order chi connectivity index (χ1) is 4.92. The molecule has 56 valence electrons. The summed E-state index contributed by atoms with van der Waals surface area (Å²) in [5.74, 6) is 0.790. The molecule has 0 N–H and O–H groups in total. The van der Waals surface area contributed by atoms with Gasteiger partial charge in [-0.1, -0.05) is 13.0 Å². The third kappa shape index (κ3) is 0.754. The summed E-state index contributed by atoms with van der Waals surface area (Å²) in [6, 6.07) is 0.650. The Morgan fingerprint density at radius 3 is 3.20 bits per heavy atom. The van der Waals surface area contributed by atoms with Gasteiger partial charge < -0.3 is 0 Å². The number of fused-ring (bicyclic) bond motifs is 1. The molecule has 0 bridgehead atoms. The van der Waals surface area contributed by atoms with Gasteiger partial charge in [-0.05, 0) is 12.8 Å². The van der Waals surface area contributed by atoms with Crippen LogP contribution in [0.4, 0.5) is 0 Å². The first kappa shape index (κ1) is 6.23. The van der Waals surface area contributed by atoms with Gasteiger partial charge in [0.05, 0.1) is 12.6 Å². The maximum absolute atomic E-state index is 5.38. The Kier molecular flexibility index (Phi) is 1.42. The van der Waals surface area contributed by atoms with Crippen molar-refractivity contribution in [3.05, 3.63) is 12.8 Å². The molecule has 1 saturated heterocycles. The summed E-state index contributed by atoms with van der Waals surface area (Å²) in [7, 11) is 0. The minimum absolute atomic E-state index is 0.650. The highest BCUT2D eigenvalue weighted by Gasteiger charge is 2.37. The van der Waals surface area contributed by atoms with Gasteiger partial charge in [-0.3, -0.25) is 9.90 Å². The van der Waals surface area contributed by atoms with E-state index in [9.17, 15) is 0 Å². The highest BCUT2D eigenvalue weighted by molar-refractivity contribution is 4.89. The van der Waals surface area contributed by atoms with Crippen molar-refractivity contribution < 1.29 is 4.84 Å². The van der Waals surface area contributed by atoms with E-state index < -0.39 is 0 Å². The van der Waals surface area contributed by atoms with Crippen molar-refractivity contribution in [1.82, 2.24) is 5.06 Å². The number of nitrogens with zero attached hydrogens (tertiary/aromatic N) is 1. The van der Waals surface area contributed by atoms with Crippen LogP contribution in [0.2, 0.25) is 0 Å². The Balaban J connectivity index is 2.07. The minimum Gasteiger partial charge on any atom is -0.273 e. The standard InChI is InChI=1S/C8H13NO/c1-2-9-8-5-3-4-7(8)6-10-9/h2,7-8H,1,3-6H2. The molecule has 2 unspecified atom stereocenters. The molecule has 2 fully saturated rings. The zero-order valence-electron chi connectivity index (χ0n) is 6.12. The molecule has 1 saturated carbocycles. The predicted molar refractivity (Wildman–Crippen MR) is 39.1 cm³/mol. The van der Waals surface area contributed by atoms with Crippen molar-refractivity contribution in [2.75, 3.05) is 6.61 Å². The molecule has 1 aliphatic heterocycles. The lowest BCUT2D eigenvalue weighted by atomic mass is 10.1. The topological polar surface area (TPSA) is 12.5 Å². The minimum atomic E-state index is 0.650. The second-order valence-electron chi connectivity index (χ2n) is 3.10. The van der Waals surface area contributed by atoms with Crippen LogP contribution < -0.4 is 0 Å². The largest absolute Gasteiger partial charge is 0.273 e. The van der Waals surface area contributed by atoms with Crippen molar-refractivity contribution in [2.24, 2.45) is 5.92 Å². The Morgan fingerprint density at radius 2 is 2.40 bits per heavy atom. The number of rotatable bonds is 1. The lowest BCUT2D eigenvalue weighted by Crippen LogP contribution is -2.23. The lowest BCUT2D eigenvalue weighted by Gasteiger charge is -2.17. The van der Waals surface area contributed by atoms with E-state index in [0.717, 1.165) is 12.5 Å². The highest BCUT2D eigenvalue weighted by atomic mass is 16.7. The molecule has 0 spiro atoms. The van der Waals surface area contributed by atoms with Crippen molar-refractivity contribution in [3.63, 3.8) is 0 Å². The van der Waals surface area contributed by atoms with Crippen molar-refractivity contribution in [2.45, 2.75) is 25.3 Å². The van der Waals surface area contributed by atoms with E-state index in [1.54, 1.807) is 6.20 Å². The van der Waals surface area contributed by atoms with Crippen molar-refractivity contribution >= 4 is 0 Å². The second-order valence-corrected chi connectivity index (χ2v) is 3.10. The van der Waals surface area contributed by atoms with Crippen LogP contribution in [-0.4, -0.2) is 17.7 Å². The van der Waals surface area contributed by atoms with Gasteiger partial charge in [-0.15, -0.1) is 0 Å². The Bertz CT molecular complexity index is 146. The molecule has 0 aromatic heterocycles. The second kappa shape index (κ2) is 2.27. The van der Waals surface area contributed by atoms with Gasteiger partial charge in [0.15, 0.2) is 0 Å². The van der Waals surface area contributed by atoms with Crippen LogP contribution in [0.1, 0.15) is 19.3 Å². The molecule has 2 aliphatic rings. The fourth-order valence-corrected chi connectivity index (χ4v) is 2.01. The molecular weight excluding hydrogens is 126 g/mol. The van der Waals surface area contributed by atoms with Crippen LogP contribution >= 0.6 is 0 Å². The average Bonchev–Trinajstić information content (AvgIpc) is 2.44. The SMILES string of the molecule is C=CN1OCC2CCCC21. The summed E-state index contributed by atoms with van der Waals surface area (Å²) in [6.07, 6.45) is 5.80. The third-order valence-corrected chi connectivity index (χ3v) is 2.56. The first-order valence-electron chi connectivity index (χ1n) is 3.95. The molecule has 0 radical (unpaired) electrons. The molecular formula is C8H13NO. The van der Waals surface area contributed by atoms with Crippen molar-refractivity contribution in [1.29, 1.82) is 0 Å². The van der Waals surface area contributed by atoms with Crippen LogP contribution in [0.15, 0.2) is 12.8 Å². The molecule has 0 aromatic carbocycles. The van der Waals surface area contributed by atoms with Crippen LogP contribution in [0.3, 0.4) is 0 Å². The molecule has 1 heterocycles. The van der Waals surface area contributed by atoms with Crippen LogP contribution in [0.5, 0.6) is 0 Å². The number of hydrogen-bond acceptors (Lipinski definition) is 2. The Morgan fingerprint density at radius 1 is 1.50 bits per heavy atom. The van der Waals surface area contributed by atoms with Crippen LogP contribution in [0.25, 0.3) is 0 Å². The van der Waals surface area contributed by atoms with E-state index in [-0.39, 0.29) is 0 Å². The Hall–Kier alpha value is -0.500. The first-order valence-corrected chi connectivity index (χ1v) is 3.95. The van der Waals surface area contributed by atoms with Crippen LogP contribution in [-0.2, 0) is 4.84 Å². The molecule has 2 heteroatoms. The van der Waals surface area contributed by atoms with E-state index >= 15 is 0 Å². The van der Waals surface area contributed by atoms with E-state index in [1.807, 2.05) is 5.06 Å². The van der Waals surface area contributed by atoms with E-state index in [0.29, 0.717) is 6.04 Å². The summed E-state index contributed by atoms with van der Waals surface area (Å²) in [5, 5.41) is 1.93. The maximum atomic E-state index is 5.38. The number of hydroxylamine groups is 2. The van der Waals surface area contributed by atoms with Gasteiger partial charge in [0.2, 0.25) is 0 Å². The molecule has 1 aliphatic carbocycles. The lowest BCUT2D eigenvalue weighted by molar-refractivity contribution is -0.0894. The quantitative estimate of drug-likeness (QED) is 0.546. The van der Waals surface area contributed by atoms with E-state index in [2.05, 4.69) is 6.58 Å². The average molecular weight is 139 g/mol. The fraction of sp³-hybridized carbons (Fsp3) is 0.750. The number of hydrogen-bond donors (Lipinski definition) is 0. The summed E-state index contributed by atoms with van der Waals surface area (Å²) in [6.45, 7) is 4.62. The molecule has 0 aromatic rings. The Labute approximate surface area is 61.4 Å². The summed E-state index contributed by atoms with van der Waals surface area (Å²) < 4.78 is 0. The molecule has 2 atom stereocenters. The third-order valence-electron chi connectivity index (χ3n) is 2.56. The molecule has 0 amide bonds. The van der Waals surface area contributed by atoms with E-state index in [1.165, 1.54) is 19.3 Å². The molecule has 2 rings (SSSR count). The van der Waals surface area contributed by atoms with Gasteiger partial charge in [0.25, 0.3) is 0 Å². The highest BCUT2D eigenvalue weighted by Crippen LogP contribution is 2.35. The smallest absolute Gasteiger partial charge is 0.0797 e. The summed E-state index contributed by atoms with van der Waals surface area (Å²) >= 11 is 0. The van der Waals surface area contributed by atoms with Gasteiger partial charge in [0, 0.05) is 12.1 Å². The van der Waals surface area contributed by atoms with Gasteiger partial charge in [-0.25, -0.2) is 0 Å². The monoisotopic (exact) mass is 139 g/mol. The molecule has 2 nitrogen and oxygen atoms in total. The zero-order chi connectivity index (χ0) is 6.97. The predicted octanol–water partition coefficient (Wildman–Crippen LogP) is 1.55. The fourth-order valence-electron chi connectivity index (χ4n) is 2.01. The normalized spacial score (nSPS) is 38.2. The van der Waals surface area contributed by atoms with Crippen LogP contribution in [0, 0.1) is 5.92 Å². The molecule has 10 heavy (non-hydrogen) atoms. The summed E-state index contributed by atoms with van der Waals surface area (Å²) in [4.78, 5) is 5.38. The van der Waals surface area contributed by atoms with Crippen molar-refractivity contribution in [3.8, 4) is 0 Å².